The average molecular weight is 368 g/mol. The van der Waals surface area contributed by atoms with Gasteiger partial charge in [0.2, 0.25) is 0 Å². The Labute approximate surface area is 154 Å². The van der Waals surface area contributed by atoms with E-state index >= 15 is 0 Å². The summed E-state index contributed by atoms with van der Waals surface area (Å²) < 4.78 is 36.8. The van der Waals surface area contributed by atoms with Crippen molar-refractivity contribution in [3.63, 3.8) is 0 Å². The van der Waals surface area contributed by atoms with Crippen molar-refractivity contribution in [3.8, 4) is 11.5 Å². The Hall–Kier alpha value is -3.54. The lowest BCUT2D eigenvalue weighted by Crippen LogP contribution is -2.15. The zero-order valence-corrected chi connectivity index (χ0v) is 14.0. The predicted octanol–water partition coefficient (Wildman–Crippen LogP) is 4.80. The number of para-hydroxylation sites is 2. The van der Waals surface area contributed by atoms with E-state index in [9.17, 15) is 18.4 Å². The molecule has 27 heavy (non-hydrogen) atoms. The summed E-state index contributed by atoms with van der Waals surface area (Å²) in [4.78, 5) is 24.3. The van der Waals surface area contributed by atoms with Crippen LogP contribution in [0.1, 0.15) is 20.7 Å². The van der Waals surface area contributed by atoms with E-state index in [2.05, 4.69) is 0 Å². The summed E-state index contributed by atoms with van der Waals surface area (Å²) in [5, 5.41) is 0. The van der Waals surface area contributed by atoms with Crippen molar-refractivity contribution in [2.75, 3.05) is 6.61 Å². The number of hydrogen-bond acceptors (Lipinski definition) is 4. The summed E-state index contributed by atoms with van der Waals surface area (Å²) in [6, 6.07) is 18.0. The number of ketones is 1. The number of rotatable bonds is 6. The number of carbonyl (C=O) groups is 2. The van der Waals surface area contributed by atoms with Crippen LogP contribution in [0.25, 0.3) is 0 Å². The number of hydrogen-bond donors (Lipinski definition) is 0. The summed E-state index contributed by atoms with van der Waals surface area (Å²) in [7, 11) is 0. The van der Waals surface area contributed by atoms with Crippen molar-refractivity contribution in [2.24, 2.45) is 0 Å². The third-order valence-corrected chi connectivity index (χ3v) is 3.65. The highest BCUT2D eigenvalue weighted by Gasteiger charge is 2.17. The van der Waals surface area contributed by atoms with Gasteiger partial charge < -0.3 is 9.47 Å². The van der Waals surface area contributed by atoms with Gasteiger partial charge in [0.15, 0.2) is 24.0 Å². The van der Waals surface area contributed by atoms with Crippen LogP contribution >= 0.6 is 0 Å². The molecule has 0 aliphatic heterocycles. The normalized spacial score (nSPS) is 10.3. The highest BCUT2D eigenvalue weighted by Crippen LogP contribution is 2.25. The molecule has 0 radical (unpaired) electrons. The average Bonchev–Trinajstić information content (AvgIpc) is 2.69. The minimum absolute atomic E-state index is 0.0875. The van der Waals surface area contributed by atoms with Crippen LogP contribution in [0, 0.1) is 11.6 Å². The van der Waals surface area contributed by atoms with E-state index < -0.39 is 30.0 Å². The van der Waals surface area contributed by atoms with Crippen molar-refractivity contribution in [2.45, 2.75) is 0 Å². The van der Waals surface area contributed by atoms with E-state index in [0.717, 1.165) is 18.2 Å². The zero-order chi connectivity index (χ0) is 19.2. The van der Waals surface area contributed by atoms with Crippen molar-refractivity contribution in [3.05, 3.63) is 95.6 Å². The van der Waals surface area contributed by atoms with Gasteiger partial charge in [-0.15, -0.1) is 0 Å². The molecule has 0 bridgehead atoms. The van der Waals surface area contributed by atoms with Gasteiger partial charge >= 0.3 is 5.97 Å². The molecule has 0 amide bonds. The fraction of sp³-hybridized carbons (Fsp3) is 0.0476. The molecular weight excluding hydrogens is 354 g/mol. The van der Waals surface area contributed by atoms with Crippen LogP contribution in [0.2, 0.25) is 0 Å². The Morgan fingerprint density at radius 1 is 0.815 bits per heavy atom. The molecule has 0 fully saturated rings. The fourth-order valence-corrected chi connectivity index (χ4v) is 2.30. The Kier molecular flexibility index (Phi) is 5.56. The smallest absolute Gasteiger partial charge is 0.342 e. The molecule has 4 nitrogen and oxygen atoms in total. The molecule has 0 heterocycles. The second kappa shape index (κ2) is 8.23. The molecule has 0 saturated heterocycles. The summed E-state index contributed by atoms with van der Waals surface area (Å²) >= 11 is 0. The van der Waals surface area contributed by atoms with E-state index in [0.29, 0.717) is 5.75 Å². The number of halogens is 2. The minimum atomic E-state index is -1.14. The Morgan fingerprint density at radius 3 is 2.26 bits per heavy atom. The molecule has 136 valence electrons. The van der Waals surface area contributed by atoms with Gasteiger partial charge in [0.1, 0.15) is 17.1 Å². The fourth-order valence-electron chi connectivity index (χ4n) is 2.30. The molecule has 0 saturated carbocycles. The lowest BCUT2D eigenvalue weighted by Gasteiger charge is -2.10. The molecule has 0 aromatic heterocycles. The van der Waals surface area contributed by atoms with Gasteiger partial charge in [0.05, 0.1) is 0 Å². The number of ether oxygens (including phenoxy) is 2. The maximum atomic E-state index is 13.2. The molecule has 0 N–H and O–H groups in total. The standard InChI is InChI=1S/C21H14F2O4/c22-17-11-10-14(12-18(17)23)19(24)13-26-21(25)16-8-4-5-9-20(16)27-15-6-2-1-3-7-15/h1-12H,13H2. The monoisotopic (exact) mass is 368 g/mol. The highest BCUT2D eigenvalue weighted by atomic mass is 19.2. The van der Waals surface area contributed by atoms with E-state index in [1.807, 2.05) is 6.07 Å². The van der Waals surface area contributed by atoms with Gasteiger partial charge in [-0.05, 0) is 42.5 Å². The van der Waals surface area contributed by atoms with Gasteiger partial charge in [-0.3, -0.25) is 4.79 Å². The highest BCUT2D eigenvalue weighted by molar-refractivity contribution is 6.00. The summed E-state index contributed by atoms with van der Waals surface area (Å²) in [5.41, 5.74) is 0.0509. The Morgan fingerprint density at radius 2 is 1.52 bits per heavy atom. The van der Waals surface area contributed by atoms with Crippen LogP contribution in [-0.4, -0.2) is 18.4 Å². The van der Waals surface area contributed by atoms with Crippen LogP contribution in [0.5, 0.6) is 11.5 Å². The zero-order valence-electron chi connectivity index (χ0n) is 14.0. The molecule has 0 atom stereocenters. The number of esters is 1. The summed E-state index contributed by atoms with van der Waals surface area (Å²) in [6.45, 7) is -0.608. The molecule has 3 aromatic carbocycles. The van der Waals surface area contributed by atoms with Crippen molar-refractivity contribution < 1.29 is 27.8 Å². The topological polar surface area (TPSA) is 52.6 Å². The van der Waals surface area contributed by atoms with E-state index in [1.54, 1.807) is 42.5 Å². The Bertz CT molecular complexity index is 971. The van der Waals surface area contributed by atoms with Crippen LogP contribution in [-0.2, 0) is 4.74 Å². The van der Waals surface area contributed by atoms with Crippen LogP contribution in [0.3, 0.4) is 0 Å². The first-order valence-electron chi connectivity index (χ1n) is 8.02. The van der Waals surface area contributed by atoms with Gasteiger partial charge in [-0.25, -0.2) is 13.6 Å². The first-order chi connectivity index (χ1) is 13.0. The SMILES string of the molecule is O=C(COC(=O)c1ccccc1Oc1ccccc1)c1ccc(F)c(F)c1. The number of Topliss-reactive ketones (excluding diaryl/α,β-unsaturated/α-hetero) is 1. The van der Waals surface area contributed by atoms with Gasteiger partial charge in [-0.1, -0.05) is 30.3 Å². The van der Waals surface area contributed by atoms with E-state index in [-0.39, 0.29) is 16.9 Å². The number of benzene rings is 3. The number of carbonyl (C=O) groups excluding carboxylic acids is 2. The first-order valence-corrected chi connectivity index (χ1v) is 8.02. The van der Waals surface area contributed by atoms with Crippen LogP contribution in [0.4, 0.5) is 8.78 Å². The summed E-state index contributed by atoms with van der Waals surface area (Å²) in [5.74, 6) is -2.81. The van der Waals surface area contributed by atoms with Crippen molar-refractivity contribution in [1.29, 1.82) is 0 Å². The largest absolute Gasteiger partial charge is 0.456 e. The third kappa shape index (κ3) is 4.55. The molecule has 3 aromatic rings. The molecular formula is C21H14F2O4. The van der Waals surface area contributed by atoms with Crippen molar-refractivity contribution >= 4 is 11.8 Å². The van der Waals surface area contributed by atoms with Crippen molar-refractivity contribution in [1.82, 2.24) is 0 Å². The molecule has 0 aliphatic rings. The summed E-state index contributed by atoms with van der Waals surface area (Å²) in [6.07, 6.45) is 0. The molecule has 6 heteroatoms. The quantitative estimate of drug-likeness (QED) is 0.463. The maximum absolute atomic E-state index is 13.2. The Balaban J connectivity index is 1.69. The maximum Gasteiger partial charge on any atom is 0.342 e. The second-order valence-electron chi connectivity index (χ2n) is 5.54. The molecule has 0 unspecified atom stereocenters. The lowest BCUT2D eigenvalue weighted by molar-refractivity contribution is 0.0472. The predicted molar refractivity (Wildman–Crippen MR) is 93.9 cm³/mol. The van der Waals surface area contributed by atoms with E-state index in [4.69, 9.17) is 9.47 Å². The van der Waals surface area contributed by atoms with Gasteiger partial charge in [0, 0.05) is 5.56 Å². The van der Waals surface area contributed by atoms with Crippen LogP contribution < -0.4 is 4.74 Å². The lowest BCUT2D eigenvalue weighted by atomic mass is 10.1. The second-order valence-corrected chi connectivity index (χ2v) is 5.54. The molecule has 0 spiro atoms. The third-order valence-electron chi connectivity index (χ3n) is 3.65. The van der Waals surface area contributed by atoms with Gasteiger partial charge in [-0.2, -0.15) is 0 Å². The minimum Gasteiger partial charge on any atom is -0.456 e. The molecule has 0 aliphatic carbocycles. The van der Waals surface area contributed by atoms with Crippen LogP contribution in [0.15, 0.2) is 72.8 Å². The van der Waals surface area contributed by atoms with Gasteiger partial charge in [0.25, 0.3) is 0 Å². The van der Waals surface area contributed by atoms with E-state index in [1.165, 1.54) is 6.07 Å². The molecule has 3 rings (SSSR count). The first kappa shape index (κ1) is 18.3.